The Hall–Kier alpha value is -0.340. The van der Waals surface area contributed by atoms with Gasteiger partial charge in [0.05, 0.1) is 0 Å². The fraction of sp³-hybridized carbons (Fsp3) is 0.571. The number of hydrogen-bond acceptors (Lipinski definition) is 1. The normalized spacial score (nSPS) is 23.8. The summed E-state index contributed by atoms with van der Waals surface area (Å²) in [6.45, 7) is 4.74. The lowest BCUT2D eigenvalue weighted by atomic mass is 9.85. The molecule has 0 radical (unpaired) electrons. The van der Waals surface area contributed by atoms with Crippen molar-refractivity contribution >= 4 is 15.9 Å². The van der Waals surface area contributed by atoms with Crippen LogP contribution in [0.1, 0.15) is 37.7 Å². The molecule has 88 valence electrons. The van der Waals surface area contributed by atoms with Crippen LogP contribution in [0, 0.1) is 5.92 Å². The van der Waals surface area contributed by atoms with Crippen molar-refractivity contribution in [2.24, 2.45) is 5.92 Å². The average molecular weight is 282 g/mol. The molecule has 2 atom stereocenters. The van der Waals surface area contributed by atoms with Crippen molar-refractivity contribution < 1.29 is 0 Å². The van der Waals surface area contributed by atoms with E-state index in [9.17, 15) is 0 Å². The van der Waals surface area contributed by atoms with E-state index < -0.39 is 0 Å². The first-order chi connectivity index (χ1) is 7.77. The minimum absolute atomic E-state index is 0.665. The van der Waals surface area contributed by atoms with Crippen LogP contribution in [-0.2, 0) is 0 Å². The maximum Gasteiger partial charge on any atom is 0.0175 e. The zero-order chi connectivity index (χ0) is 11.4. The molecule has 1 saturated heterocycles. The topological polar surface area (TPSA) is 12.0 Å². The first kappa shape index (κ1) is 12.1. The molecule has 1 aliphatic heterocycles. The zero-order valence-corrected chi connectivity index (χ0v) is 11.5. The summed E-state index contributed by atoms with van der Waals surface area (Å²) in [6.07, 6.45) is 4.08. The summed E-state index contributed by atoms with van der Waals surface area (Å²) in [7, 11) is 0. The lowest BCUT2D eigenvalue weighted by molar-refractivity contribution is 0.412. The van der Waals surface area contributed by atoms with Crippen molar-refractivity contribution in [3.63, 3.8) is 0 Å². The molecule has 1 fully saturated rings. The zero-order valence-electron chi connectivity index (χ0n) is 9.88. The van der Waals surface area contributed by atoms with Gasteiger partial charge in [-0.25, -0.2) is 0 Å². The predicted octanol–water partition coefficient (Wildman–Crippen LogP) is 3.94. The van der Waals surface area contributed by atoms with Gasteiger partial charge in [0.25, 0.3) is 0 Å². The van der Waals surface area contributed by atoms with E-state index in [2.05, 4.69) is 52.4 Å². The molecule has 1 aromatic rings. The van der Waals surface area contributed by atoms with Gasteiger partial charge in [-0.3, -0.25) is 0 Å². The number of nitrogens with one attached hydrogen (secondary N) is 1. The standard InChI is InChI=1S/C14H20BrN/c1-11(12-5-7-14(15)8-6-12)13-4-2-3-9-16-10-13/h5-8,11,13,16H,2-4,9-10H2,1H3. The van der Waals surface area contributed by atoms with Crippen molar-refractivity contribution in [2.75, 3.05) is 13.1 Å². The third-order valence-electron chi connectivity index (χ3n) is 3.69. The van der Waals surface area contributed by atoms with Gasteiger partial charge in [0, 0.05) is 4.47 Å². The van der Waals surface area contributed by atoms with Crippen molar-refractivity contribution in [3.05, 3.63) is 34.3 Å². The summed E-state index contributed by atoms with van der Waals surface area (Å²) in [5.74, 6) is 1.46. The van der Waals surface area contributed by atoms with E-state index >= 15 is 0 Å². The smallest absolute Gasteiger partial charge is 0.0175 e. The Balaban J connectivity index is 2.04. The van der Waals surface area contributed by atoms with E-state index in [-0.39, 0.29) is 0 Å². The first-order valence-corrected chi connectivity index (χ1v) is 7.03. The quantitative estimate of drug-likeness (QED) is 0.866. The Morgan fingerprint density at radius 1 is 1.25 bits per heavy atom. The molecule has 1 aliphatic rings. The first-order valence-electron chi connectivity index (χ1n) is 6.23. The molecule has 16 heavy (non-hydrogen) atoms. The maximum atomic E-state index is 3.55. The fourth-order valence-corrected chi connectivity index (χ4v) is 2.78. The second kappa shape index (κ2) is 5.83. The third kappa shape index (κ3) is 3.08. The minimum Gasteiger partial charge on any atom is -0.316 e. The predicted molar refractivity (Wildman–Crippen MR) is 72.8 cm³/mol. The second-order valence-electron chi connectivity index (χ2n) is 4.80. The molecule has 0 aliphatic carbocycles. The van der Waals surface area contributed by atoms with Crippen LogP contribution < -0.4 is 5.32 Å². The van der Waals surface area contributed by atoms with Gasteiger partial charge in [-0.15, -0.1) is 0 Å². The van der Waals surface area contributed by atoms with Crippen molar-refractivity contribution in [3.8, 4) is 0 Å². The SMILES string of the molecule is CC(c1ccc(Br)cc1)C1CCCCNC1. The molecule has 0 saturated carbocycles. The number of rotatable bonds is 2. The van der Waals surface area contributed by atoms with Crippen LogP contribution in [0.25, 0.3) is 0 Å². The number of halogens is 1. The van der Waals surface area contributed by atoms with E-state index in [1.54, 1.807) is 0 Å². The highest BCUT2D eigenvalue weighted by atomic mass is 79.9. The van der Waals surface area contributed by atoms with Gasteiger partial charge < -0.3 is 5.32 Å². The van der Waals surface area contributed by atoms with Crippen LogP contribution in [0.15, 0.2) is 28.7 Å². The Morgan fingerprint density at radius 3 is 2.75 bits per heavy atom. The summed E-state index contributed by atoms with van der Waals surface area (Å²) in [5, 5.41) is 3.55. The Labute approximate surface area is 107 Å². The average Bonchev–Trinajstić information content (AvgIpc) is 2.57. The van der Waals surface area contributed by atoms with Crippen LogP contribution in [0.2, 0.25) is 0 Å². The highest BCUT2D eigenvalue weighted by molar-refractivity contribution is 9.10. The van der Waals surface area contributed by atoms with Crippen molar-refractivity contribution in [2.45, 2.75) is 32.1 Å². The van der Waals surface area contributed by atoms with Crippen molar-refractivity contribution in [1.29, 1.82) is 0 Å². The second-order valence-corrected chi connectivity index (χ2v) is 5.72. The van der Waals surface area contributed by atoms with E-state index in [1.807, 2.05) is 0 Å². The summed E-state index contributed by atoms with van der Waals surface area (Å²) >= 11 is 3.49. The largest absolute Gasteiger partial charge is 0.316 e. The lowest BCUT2D eigenvalue weighted by Crippen LogP contribution is -2.24. The van der Waals surface area contributed by atoms with E-state index in [1.165, 1.54) is 42.4 Å². The van der Waals surface area contributed by atoms with Gasteiger partial charge in [0.2, 0.25) is 0 Å². The molecular weight excluding hydrogens is 262 g/mol. The molecule has 2 unspecified atom stereocenters. The molecule has 1 nitrogen and oxygen atoms in total. The number of benzene rings is 1. The van der Waals surface area contributed by atoms with E-state index in [0.717, 1.165) is 5.92 Å². The van der Waals surface area contributed by atoms with Crippen LogP contribution >= 0.6 is 15.9 Å². The lowest BCUT2D eigenvalue weighted by Gasteiger charge is -2.22. The highest BCUT2D eigenvalue weighted by Crippen LogP contribution is 2.29. The summed E-state index contributed by atoms with van der Waals surface area (Å²) in [5.41, 5.74) is 1.47. The molecule has 0 spiro atoms. The molecule has 2 heteroatoms. The molecule has 0 bridgehead atoms. The van der Waals surface area contributed by atoms with Gasteiger partial charge in [-0.2, -0.15) is 0 Å². The summed E-state index contributed by atoms with van der Waals surface area (Å²) in [4.78, 5) is 0. The van der Waals surface area contributed by atoms with E-state index in [0.29, 0.717) is 5.92 Å². The highest BCUT2D eigenvalue weighted by Gasteiger charge is 2.19. The van der Waals surface area contributed by atoms with Crippen LogP contribution in [0.3, 0.4) is 0 Å². The van der Waals surface area contributed by atoms with Gasteiger partial charge in [0.15, 0.2) is 0 Å². The Bertz CT molecular complexity index is 312. The summed E-state index contributed by atoms with van der Waals surface area (Å²) < 4.78 is 1.17. The Kier molecular flexibility index (Phi) is 4.42. The van der Waals surface area contributed by atoms with E-state index in [4.69, 9.17) is 0 Å². The third-order valence-corrected chi connectivity index (χ3v) is 4.22. The molecule has 1 heterocycles. The van der Waals surface area contributed by atoms with Gasteiger partial charge in [0.1, 0.15) is 0 Å². The molecule has 1 N–H and O–H groups in total. The molecule has 2 rings (SSSR count). The molecule has 0 aromatic heterocycles. The van der Waals surface area contributed by atoms with Crippen LogP contribution in [0.5, 0.6) is 0 Å². The minimum atomic E-state index is 0.665. The Morgan fingerprint density at radius 2 is 2.00 bits per heavy atom. The van der Waals surface area contributed by atoms with Crippen LogP contribution in [0.4, 0.5) is 0 Å². The van der Waals surface area contributed by atoms with Crippen LogP contribution in [-0.4, -0.2) is 13.1 Å². The molecule has 1 aromatic carbocycles. The van der Waals surface area contributed by atoms with Gasteiger partial charge >= 0.3 is 0 Å². The number of hydrogen-bond donors (Lipinski definition) is 1. The molecule has 0 amide bonds. The van der Waals surface area contributed by atoms with Crippen molar-refractivity contribution in [1.82, 2.24) is 5.32 Å². The van der Waals surface area contributed by atoms with Gasteiger partial charge in [-0.05, 0) is 55.5 Å². The molecular formula is C14H20BrN. The monoisotopic (exact) mass is 281 g/mol. The van der Waals surface area contributed by atoms with Gasteiger partial charge in [-0.1, -0.05) is 41.4 Å². The summed E-state index contributed by atoms with van der Waals surface area (Å²) in [6, 6.07) is 8.80. The fourth-order valence-electron chi connectivity index (χ4n) is 2.51. The maximum absolute atomic E-state index is 3.55.